The van der Waals surface area contributed by atoms with Gasteiger partial charge in [0.2, 0.25) is 0 Å². The maximum absolute atomic E-state index is 12.5. The second kappa shape index (κ2) is 6.39. The molecule has 0 spiro atoms. The van der Waals surface area contributed by atoms with Crippen molar-refractivity contribution in [1.82, 2.24) is 39.5 Å². The highest BCUT2D eigenvalue weighted by atomic mass is 16.1. The average Bonchev–Trinajstić information content (AvgIpc) is 3.21. The predicted octanol–water partition coefficient (Wildman–Crippen LogP) is 0.626. The van der Waals surface area contributed by atoms with Crippen LogP contribution in [0.2, 0.25) is 0 Å². The van der Waals surface area contributed by atoms with Crippen LogP contribution >= 0.6 is 0 Å². The molecule has 4 aromatic rings. The zero-order valence-electron chi connectivity index (χ0n) is 14.3. The Morgan fingerprint density at radius 2 is 2.12 bits per heavy atom. The van der Waals surface area contributed by atoms with Crippen LogP contribution in [0.25, 0.3) is 11.4 Å². The Labute approximate surface area is 148 Å². The summed E-state index contributed by atoms with van der Waals surface area (Å²) in [4.78, 5) is 25.1. The smallest absolute Gasteiger partial charge is 0.257 e. The summed E-state index contributed by atoms with van der Waals surface area (Å²) in [6.07, 6.45) is 4.86. The normalized spacial score (nSPS) is 11.2. The number of nitrogens with one attached hydrogen (secondary N) is 2. The molecule has 0 radical (unpaired) electrons. The molecule has 0 bridgehead atoms. The summed E-state index contributed by atoms with van der Waals surface area (Å²) in [6, 6.07) is 3.65. The molecule has 0 aliphatic rings. The average molecular weight is 351 g/mol. The number of nitrogens with zero attached hydrogens (tertiary/aromatic N) is 7. The van der Waals surface area contributed by atoms with Crippen LogP contribution in [0.3, 0.4) is 0 Å². The number of anilines is 1. The molecule has 0 fully saturated rings. The van der Waals surface area contributed by atoms with Crippen molar-refractivity contribution in [3.63, 3.8) is 0 Å². The van der Waals surface area contributed by atoms with E-state index in [4.69, 9.17) is 0 Å². The number of carbonyl (C=O) groups is 1. The van der Waals surface area contributed by atoms with Crippen LogP contribution in [-0.2, 0) is 0 Å². The number of amides is 1. The van der Waals surface area contributed by atoms with Crippen molar-refractivity contribution < 1.29 is 4.79 Å². The summed E-state index contributed by atoms with van der Waals surface area (Å²) in [5.74, 6) is 1.10. The van der Waals surface area contributed by atoms with Gasteiger partial charge in [0.25, 0.3) is 11.7 Å². The molecule has 0 saturated carbocycles. The van der Waals surface area contributed by atoms with Gasteiger partial charge in [0, 0.05) is 37.2 Å². The van der Waals surface area contributed by atoms with Crippen LogP contribution < -0.4 is 10.6 Å². The van der Waals surface area contributed by atoms with E-state index in [1.807, 2.05) is 13.0 Å². The van der Waals surface area contributed by atoms with E-state index in [0.29, 0.717) is 35.8 Å². The Bertz CT molecular complexity index is 1100. The van der Waals surface area contributed by atoms with Crippen molar-refractivity contribution in [2.45, 2.75) is 13.8 Å². The molecule has 10 nitrogen and oxygen atoms in total. The van der Waals surface area contributed by atoms with Gasteiger partial charge in [0.05, 0.1) is 5.69 Å². The van der Waals surface area contributed by atoms with Gasteiger partial charge in [-0.25, -0.2) is 14.5 Å². The Hall–Kier alpha value is -3.56. The first-order valence-electron chi connectivity index (χ1n) is 8.13. The zero-order chi connectivity index (χ0) is 18.1. The minimum Gasteiger partial charge on any atom is -0.368 e. The molecule has 2 N–H and O–H groups in total. The third kappa shape index (κ3) is 2.81. The molecular weight excluding hydrogens is 334 g/mol. The molecule has 4 aromatic heterocycles. The third-order valence-electron chi connectivity index (χ3n) is 3.89. The van der Waals surface area contributed by atoms with Gasteiger partial charge in [0.1, 0.15) is 17.7 Å². The summed E-state index contributed by atoms with van der Waals surface area (Å²) in [6.45, 7) is 4.64. The van der Waals surface area contributed by atoms with Crippen molar-refractivity contribution in [2.75, 3.05) is 18.4 Å². The first-order chi connectivity index (χ1) is 12.6. The van der Waals surface area contributed by atoms with Crippen molar-refractivity contribution in [3.8, 4) is 0 Å². The van der Waals surface area contributed by atoms with Gasteiger partial charge in [-0.05, 0) is 19.9 Å². The first-order valence-corrected chi connectivity index (χ1v) is 8.13. The van der Waals surface area contributed by atoms with Crippen molar-refractivity contribution >= 4 is 23.1 Å². The SMILES string of the molecule is Cc1cc(NCCNC(=O)c2c(C)nn3cccnc23)n2ncnc2n1. The Morgan fingerprint density at radius 1 is 1.23 bits per heavy atom. The number of rotatable bonds is 5. The number of aryl methyl sites for hydroxylation is 2. The molecule has 132 valence electrons. The van der Waals surface area contributed by atoms with E-state index < -0.39 is 0 Å². The van der Waals surface area contributed by atoms with E-state index in [9.17, 15) is 4.79 Å². The summed E-state index contributed by atoms with van der Waals surface area (Å²) < 4.78 is 3.22. The fourth-order valence-corrected chi connectivity index (χ4v) is 2.77. The van der Waals surface area contributed by atoms with Crippen LogP contribution in [0, 0.1) is 13.8 Å². The number of hydrogen-bond donors (Lipinski definition) is 2. The number of fused-ring (bicyclic) bond motifs is 2. The van der Waals surface area contributed by atoms with Gasteiger partial charge in [-0.1, -0.05) is 0 Å². The molecule has 0 aliphatic heterocycles. The highest BCUT2D eigenvalue weighted by molar-refractivity contribution is 6.00. The monoisotopic (exact) mass is 351 g/mol. The van der Waals surface area contributed by atoms with Crippen molar-refractivity contribution in [2.24, 2.45) is 0 Å². The summed E-state index contributed by atoms with van der Waals surface area (Å²) in [7, 11) is 0. The van der Waals surface area contributed by atoms with Crippen LogP contribution in [0.1, 0.15) is 21.7 Å². The molecule has 0 saturated heterocycles. The van der Waals surface area contributed by atoms with Crippen LogP contribution in [0.15, 0.2) is 30.9 Å². The molecule has 4 heterocycles. The molecule has 0 aromatic carbocycles. The largest absolute Gasteiger partial charge is 0.368 e. The molecule has 0 atom stereocenters. The maximum atomic E-state index is 12.5. The highest BCUT2D eigenvalue weighted by Gasteiger charge is 2.17. The van der Waals surface area contributed by atoms with E-state index in [1.165, 1.54) is 6.33 Å². The van der Waals surface area contributed by atoms with E-state index in [2.05, 4.69) is 35.8 Å². The van der Waals surface area contributed by atoms with Crippen molar-refractivity contribution in [3.05, 3.63) is 47.8 Å². The quantitative estimate of drug-likeness (QED) is 0.507. The molecule has 4 rings (SSSR count). The summed E-state index contributed by atoms with van der Waals surface area (Å²) in [5.41, 5.74) is 2.52. The molecule has 26 heavy (non-hydrogen) atoms. The van der Waals surface area contributed by atoms with E-state index in [1.54, 1.807) is 34.4 Å². The second-order valence-corrected chi connectivity index (χ2v) is 5.79. The predicted molar refractivity (Wildman–Crippen MR) is 94.1 cm³/mol. The van der Waals surface area contributed by atoms with Gasteiger partial charge in [-0.15, -0.1) is 0 Å². The number of carbonyl (C=O) groups excluding carboxylic acids is 1. The van der Waals surface area contributed by atoms with Gasteiger partial charge < -0.3 is 10.6 Å². The molecule has 1 amide bonds. The fourth-order valence-electron chi connectivity index (χ4n) is 2.77. The zero-order valence-corrected chi connectivity index (χ0v) is 14.3. The van der Waals surface area contributed by atoms with Crippen LogP contribution in [0.5, 0.6) is 0 Å². The topological polar surface area (TPSA) is 114 Å². The van der Waals surface area contributed by atoms with E-state index >= 15 is 0 Å². The Morgan fingerprint density at radius 3 is 3.00 bits per heavy atom. The van der Waals surface area contributed by atoms with E-state index in [0.717, 1.165) is 11.5 Å². The van der Waals surface area contributed by atoms with Crippen LogP contribution in [-0.4, -0.2) is 53.2 Å². The van der Waals surface area contributed by atoms with Gasteiger partial charge in [-0.3, -0.25) is 4.79 Å². The third-order valence-corrected chi connectivity index (χ3v) is 3.89. The summed E-state index contributed by atoms with van der Waals surface area (Å²) in [5, 5.41) is 14.6. The standard InChI is InChI=1S/C16H17N9O/c1-10-8-12(25-16(22-10)20-9-21-25)17-5-6-19-15(26)13-11(2)23-24-7-3-4-18-14(13)24/h3-4,7-9,17H,5-6H2,1-2H3,(H,19,26). The Balaban J connectivity index is 1.42. The first kappa shape index (κ1) is 15.9. The lowest BCUT2D eigenvalue weighted by molar-refractivity contribution is 0.0956. The lowest BCUT2D eigenvalue weighted by atomic mass is 10.2. The highest BCUT2D eigenvalue weighted by Crippen LogP contribution is 2.12. The fraction of sp³-hybridized carbons (Fsp3) is 0.250. The summed E-state index contributed by atoms with van der Waals surface area (Å²) >= 11 is 0. The molecular formula is C16H17N9O. The minimum absolute atomic E-state index is 0.199. The van der Waals surface area contributed by atoms with Gasteiger partial charge in [-0.2, -0.15) is 19.7 Å². The maximum Gasteiger partial charge on any atom is 0.257 e. The van der Waals surface area contributed by atoms with E-state index in [-0.39, 0.29) is 5.91 Å². The molecule has 0 unspecified atom stereocenters. The van der Waals surface area contributed by atoms with Crippen LogP contribution in [0.4, 0.5) is 5.82 Å². The van der Waals surface area contributed by atoms with Gasteiger partial charge in [0.15, 0.2) is 5.65 Å². The van der Waals surface area contributed by atoms with Crippen molar-refractivity contribution in [1.29, 1.82) is 0 Å². The molecule has 10 heteroatoms. The molecule has 0 aliphatic carbocycles. The minimum atomic E-state index is -0.199. The second-order valence-electron chi connectivity index (χ2n) is 5.79. The van der Waals surface area contributed by atoms with Gasteiger partial charge >= 0.3 is 0 Å². The lowest BCUT2D eigenvalue weighted by Gasteiger charge is -2.09. The lowest BCUT2D eigenvalue weighted by Crippen LogP contribution is -2.29. The Kier molecular flexibility index (Phi) is 3.92. The number of hydrogen-bond acceptors (Lipinski definition) is 7. The number of aromatic nitrogens is 7.